The standard InChI is InChI=1S/C5H12N2O.C2H4NO.Y/c1-3-4(6)5(8)7-2;1-3-2-4;/h4H,3,6H2,1-2H3,(H,7,8);1H3,(H,3,4);/q;-1;/p-1/t4-;;/m1../s1. The zero-order valence-corrected chi connectivity index (χ0v) is 11.0. The van der Waals surface area contributed by atoms with Crippen LogP contribution in [0.15, 0.2) is 0 Å². The van der Waals surface area contributed by atoms with E-state index in [9.17, 15) is 4.79 Å². The zero-order chi connectivity index (χ0) is 9.98. The van der Waals surface area contributed by atoms with E-state index in [0.29, 0.717) is 6.42 Å². The largest absolute Gasteiger partial charge is 0.655 e. The summed E-state index contributed by atoms with van der Waals surface area (Å²) in [5, 5.41) is 5.52. The molecule has 0 aromatic heterocycles. The second-order valence-corrected chi connectivity index (χ2v) is 1.93. The van der Waals surface area contributed by atoms with E-state index < -0.39 is 0 Å². The summed E-state index contributed by atoms with van der Waals surface area (Å²) in [6.45, 7) is 1.85. The maximum absolute atomic E-state index is 10.5. The van der Waals surface area contributed by atoms with Crippen LogP contribution in [0.2, 0.25) is 0 Å². The SMILES string of the molecule is CC[C@@H](N)C(=O)[N-]C.CN[C-]=O.[Y]. The Hall–Kier alpha value is 0.00390. The molecule has 0 saturated carbocycles. The molecule has 0 spiro atoms. The zero-order valence-electron chi connectivity index (χ0n) is 8.20. The average molecular weight is 262 g/mol. The molecule has 0 aromatic rings. The molecule has 0 fully saturated rings. The monoisotopic (exact) mass is 262 g/mol. The predicted molar refractivity (Wildman–Crippen MR) is 47.3 cm³/mol. The molecule has 0 unspecified atom stereocenters. The topological polar surface area (TPSA) is 86.3 Å². The fourth-order valence-corrected chi connectivity index (χ4v) is 0.340. The summed E-state index contributed by atoms with van der Waals surface area (Å²) in [6, 6.07) is -0.389. The quantitative estimate of drug-likeness (QED) is 0.532. The van der Waals surface area contributed by atoms with Crippen molar-refractivity contribution in [2.75, 3.05) is 14.1 Å². The molecule has 75 valence electrons. The minimum absolute atomic E-state index is 0. The van der Waals surface area contributed by atoms with Gasteiger partial charge in [-0.2, -0.15) is 6.41 Å². The van der Waals surface area contributed by atoms with Gasteiger partial charge in [-0.05, 0) is 13.5 Å². The molecule has 2 amide bonds. The van der Waals surface area contributed by atoms with E-state index in [4.69, 9.17) is 10.5 Å². The maximum atomic E-state index is 10.5. The number of carbonyl (C=O) groups is 1. The van der Waals surface area contributed by atoms with Crippen molar-refractivity contribution < 1.29 is 42.3 Å². The Bertz CT molecular complexity index is 133. The maximum Gasteiger partial charge on any atom is 0.0680 e. The molecule has 0 aliphatic carbocycles. The smallest absolute Gasteiger partial charge is 0.0680 e. The molecule has 0 saturated heterocycles. The van der Waals surface area contributed by atoms with Gasteiger partial charge in [-0.25, -0.2) is 0 Å². The molecule has 0 bridgehead atoms. The molecular formula is C7H15N3O2Y-2. The molecule has 0 aromatic carbocycles. The third-order valence-corrected chi connectivity index (χ3v) is 1.08. The van der Waals surface area contributed by atoms with Crippen LogP contribution in [0.3, 0.4) is 0 Å². The molecule has 5 nitrogen and oxygen atoms in total. The van der Waals surface area contributed by atoms with Crippen molar-refractivity contribution in [3.63, 3.8) is 0 Å². The Morgan fingerprint density at radius 3 is 2.15 bits per heavy atom. The molecule has 0 heterocycles. The molecule has 3 N–H and O–H groups in total. The van der Waals surface area contributed by atoms with Gasteiger partial charge in [0.05, 0.1) is 5.91 Å². The van der Waals surface area contributed by atoms with Crippen LogP contribution in [0, 0.1) is 0 Å². The Balaban J connectivity index is -0.000000173. The van der Waals surface area contributed by atoms with Crippen LogP contribution in [0.5, 0.6) is 0 Å². The predicted octanol–water partition coefficient (Wildman–Crippen LogP) is -0.476. The fraction of sp³-hybridized carbons (Fsp3) is 0.714. The normalized spacial score (nSPS) is 9.54. The van der Waals surface area contributed by atoms with E-state index in [0.717, 1.165) is 0 Å². The first-order valence-corrected chi connectivity index (χ1v) is 3.57. The van der Waals surface area contributed by atoms with Crippen LogP contribution < -0.4 is 11.1 Å². The van der Waals surface area contributed by atoms with E-state index in [2.05, 4.69) is 10.6 Å². The van der Waals surface area contributed by atoms with E-state index in [1.807, 2.05) is 6.92 Å². The van der Waals surface area contributed by atoms with Crippen molar-refractivity contribution in [1.29, 1.82) is 0 Å². The van der Waals surface area contributed by atoms with Crippen LogP contribution in [0.1, 0.15) is 13.3 Å². The van der Waals surface area contributed by atoms with Crippen LogP contribution in [0.4, 0.5) is 0 Å². The van der Waals surface area contributed by atoms with Crippen LogP contribution in [0.25, 0.3) is 5.32 Å². The summed E-state index contributed by atoms with van der Waals surface area (Å²) in [4.78, 5) is 19.4. The van der Waals surface area contributed by atoms with Crippen LogP contribution in [-0.2, 0) is 42.3 Å². The van der Waals surface area contributed by atoms with E-state index in [1.54, 1.807) is 0 Å². The summed E-state index contributed by atoms with van der Waals surface area (Å²) in [5.74, 6) is -0.215. The van der Waals surface area contributed by atoms with Crippen molar-refractivity contribution in [2.24, 2.45) is 5.73 Å². The van der Waals surface area contributed by atoms with Gasteiger partial charge in [0.25, 0.3) is 0 Å². The van der Waals surface area contributed by atoms with Gasteiger partial charge in [-0.1, -0.05) is 6.92 Å². The molecule has 1 atom stereocenters. The minimum atomic E-state index is -0.389. The van der Waals surface area contributed by atoms with Crippen molar-refractivity contribution >= 4 is 12.3 Å². The summed E-state index contributed by atoms with van der Waals surface area (Å²) in [7, 11) is 2.96. The summed E-state index contributed by atoms with van der Waals surface area (Å²) in [6.07, 6.45) is 2.09. The molecule has 13 heavy (non-hydrogen) atoms. The Kier molecular flexibility index (Phi) is 20.9. The van der Waals surface area contributed by atoms with Crippen molar-refractivity contribution in [1.82, 2.24) is 5.32 Å². The Labute approximate surface area is 104 Å². The first-order valence-electron chi connectivity index (χ1n) is 3.57. The van der Waals surface area contributed by atoms with Gasteiger partial charge in [-0.15, -0.1) is 7.05 Å². The average Bonchev–Trinajstić information content (AvgIpc) is 2.15. The van der Waals surface area contributed by atoms with Gasteiger partial charge in [0.1, 0.15) is 0 Å². The van der Waals surface area contributed by atoms with Gasteiger partial charge in [0.2, 0.25) is 0 Å². The van der Waals surface area contributed by atoms with Crippen LogP contribution in [-0.4, -0.2) is 32.5 Å². The number of nitrogens with one attached hydrogen (secondary N) is 1. The third kappa shape index (κ3) is 14.8. The number of rotatable bonds is 3. The summed E-state index contributed by atoms with van der Waals surface area (Å²) in [5.41, 5.74) is 5.28. The van der Waals surface area contributed by atoms with E-state index in [1.165, 1.54) is 20.5 Å². The molecule has 0 aliphatic rings. The van der Waals surface area contributed by atoms with Crippen molar-refractivity contribution in [3.8, 4) is 0 Å². The third-order valence-electron chi connectivity index (χ3n) is 1.08. The number of nitrogens with zero attached hydrogens (tertiary/aromatic N) is 1. The van der Waals surface area contributed by atoms with Gasteiger partial charge in [-0.3, -0.25) is 0 Å². The number of likely N-dealkylation sites (N-methyl/N-ethyl adjacent to an activating group) is 1. The summed E-state index contributed by atoms with van der Waals surface area (Å²) >= 11 is 0. The molecule has 1 radical (unpaired) electrons. The Morgan fingerprint density at radius 2 is 2.08 bits per heavy atom. The summed E-state index contributed by atoms with van der Waals surface area (Å²) < 4.78 is 0. The number of amides is 2. The number of hydrogen-bond acceptors (Lipinski definition) is 3. The van der Waals surface area contributed by atoms with Gasteiger partial charge in [0.15, 0.2) is 0 Å². The first-order chi connectivity index (χ1) is 5.63. The van der Waals surface area contributed by atoms with Crippen LogP contribution >= 0.6 is 0 Å². The Morgan fingerprint density at radius 1 is 1.69 bits per heavy atom. The van der Waals surface area contributed by atoms with Crippen molar-refractivity contribution in [2.45, 2.75) is 19.4 Å². The molecular weight excluding hydrogens is 247 g/mol. The van der Waals surface area contributed by atoms with Crippen molar-refractivity contribution in [3.05, 3.63) is 5.32 Å². The molecule has 0 rings (SSSR count). The fourth-order valence-electron chi connectivity index (χ4n) is 0.340. The number of carbonyl (C=O) groups excluding carboxylic acids is 2. The second-order valence-electron chi connectivity index (χ2n) is 1.93. The van der Waals surface area contributed by atoms with Gasteiger partial charge in [0, 0.05) is 38.8 Å². The number of hydrogen-bond donors (Lipinski definition) is 2. The first kappa shape index (κ1) is 18.7. The molecule has 0 aliphatic heterocycles. The number of nitrogens with two attached hydrogens (primary N) is 1. The molecule has 6 heteroatoms. The van der Waals surface area contributed by atoms with Gasteiger partial charge < -0.3 is 26.0 Å². The minimum Gasteiger partial charge on any atom is -0.655 e. The second kappa shape index (κ2) is 14.5. The van der Waals surface area contributed by atoms with Gasteiger partial charge >= 0.3 is 0 Å². The van der Waals surface area contributed by atoms with E-state index >= 15 is 0 Å². The van der Waals surface area contributed by atoms with E-state index in [-0.39, 0.29) is 44.7 Å².